The van der Waals surface area contributed by atoms with Crippen molar-refractivity contribution in [1.29, 1.82) is 0 Å². The third kappa shape index (κ3) is 2.92. The smallest absolute Gasteiger partial charge is 0.224 e. The maximum atomic E-state index is 13.8. The monoisotopic (exact) mass is 394 g/mol. The molecule has 0 aliphatic heterocycles. The van der Waals surface area contributed by atoms with Crippen LogP contribution in [0.2, 0.25) is 0 Å². The molecule has 0 aliphatic rings. The molecule has 0 unspecified atom stereocenters. The largest absolute Gasteiger partial charge is 0.472 e. The lowest BCUT2D eigenvalue weighted by Gasteiger charge is -2.11. The van der Waals surface area contributed by atoms with Crippen molar-refractivity contribution in [3.8, 4) is 5.88 Å². The Bertz CT molecular complexity index is 793. The second kappa shape index (κ2) is 5.85. The second-order valence-electron chi connectivity index (χ2n) is 4.59. The summed E-state index contributed by atoms with van der Waals surface area (Å²) >= 11 is 1.96. The van der Waals surface area contributed by atoms with Crippen LogP contribution in [0.3, 0.4) is 0 Å². The molecule has 5 heteroatoms. The summed E-state index contributed by atoms with van der Waals surface area (Å²) in [5.74, 6) is 0.421. The third-order valence-corrected chi connectivity index (χ3v) is 4.15. The highest BCUT2D eigenvalue weighted by atomic mass is 127. The molecule has 0 amide bonds. The van der Waals surface area contributed by atoms with Crippen LogP contribution in [0.25, 0.3) is 10.8 Å². The van der Waals surface area contributed by atoms with Gasteiger partial charge in [-0.2, -0.15) is 4.98 Å². The number of rotatable bonds is 3. The third-order valence-electron chi connectivity index (χ3n) is 3.09. The lowest BCUT2D eigenvalue weighted by molar-refractivity contribution is 0.298. The van der Waals surface area contributed by atoms with Crippen LogP contribution in [0.1, 0.15) is 5.56 Å². The Kier molecular flexibility index (Phi) is 3.92. The van der Waals surface area contributed by atoms with E-state index < -0.39 is 0 Å². The quantitative estimate of drug-likeness (QED) is 0.680. The number of fused-ring (bicyclic) bond motifs is 1. The van der Waals surface area contributed by atoms with Crippen molar-refractivity contribution in [2.24, 2.45) is 0 Å². The molecule has 0 saturated carbocycles. The number of nitrogens with zero attached hydrogens (tertiary/aromatic N) is 1. The Hall–Kier alpha value is -1.89. The zero-order chi connectivity index (χ0) is 14.8. The number of aromatic nitrogens is 1. The van der Waals surface area contributed by atoms with Gasteiger partial charge in [0.2, 0.25) is 5.88 Å². The van der Waals surface area contributed by atoms with Crippen molar-refractivity contribution in [3.63, 3.8) is 0 Å². The van der Waals surface area contributed by atoms with E-state index in [1.54, 1.807) is 12.1 Å². The predicted octanol–water partition coefficient (Wildman–Crippen LogP) is 4.14. The molecule has 0 bridgehead atoms. The summed E-state index contributed by atoms with van der Waals surface area (Å²) in [5, 5.41) is 1.47. The fourth-order valence-electron chi connectivity index (χ4n) is 2.10. The standard InChI is InChI=1S/C16H12FIN2O/c17-12-7-6-11-8-13(19)20-16(14(11)15(12)18)21-9-10-4-2-1-3-5-10/h1-8H,9H2,(H2,19,20). The summed E-state index contributed by atoms with van der Waals surface area (Å²) in [5.41, 5.74) is 6.81. The van der Waals surface area contributed by atoms with Crippen molar-refractivity contribution in [2.45, 2.75) is 6.61 Å². The molecule has 3 rings (SSSR count). The Morgan fingerprint density at radius 1 is 1.14 bits per heavy atom. The first-order valence-electron chi connectivity index (χ1n) is 6.36. The van der Waals surface area contributed by atoms with E-state index in [-0.39, 0.29) is 5.82 Å². The number of nitrogens with two attached hydrogens (primary N) is 1. The van der Waals surface area contributed by atoms with Gasteiger partial charge in [-0.15, -0.1) is 0 Å². The molecule has 21 heavy (non-hydrogen) atoms. The van der Waals surface area contributed by atoms with Crippen LogP contribution in [0.15, 0.2) is 48.5 Å². The molecule has 0 fully saturated rings. The maximum absolute atomic E-state index is 13.8. The van der Waals surface area contributed by atoms with Gasteiger partial charge >= 0.3 is 0 Å². The Labute approximate surface area is 135 Å². The van der Waals surface area contributed by atoms with Crippen LogP contribution in [0, 0.1) is 9.39 Å². The first kappa shape index (κ1) is 14.1. The number of benzene rings is 2. The number of pyridine rings is 1. The normalized spacial score (nSPS) is 10.8. The average molecular weight is 394 g/mol. The number of anilines is 1. The van der Waals surface area contributed by atoms with E-state index in [1.165, 1.54) is 6.07 Å². The van der Waals surface area contributed by atoms with Gasteiger partial charge in [0, 0.05) is 0 Å². The molecule has 3 aromatic rings. The van der Waals surface area contributed by atoms with Gasteiger partial charge in [0.05, 0.1) is 8.96 Å². The molecule has 106 valence electrons. The number of hydrogen-bond donors (Lipinski definition) is 1. The fraction of sp³-hybridized carbons (Fsp3) is 0.0625. The predicted molar refractivity (Wildman–Crippen MR) is 89.6 cm³/mol. The molecule has 0 spiro atoms. The first-order valence-corrected chi connectivity index (χ1v) is 7.44. The molecule has 0 radical (unpaired) electrons. The number of ether oxygens (including phenoxy) is 1. The lowest BCUT2D eigenvalue weighted by Crippen LogP contribution is -2.01. The summed E-state index contributed by atoms with van der Waals surface area (Å²) in [6.07, 6.45) is 0. The highest BCUT2D eigenvalue weighted by molar-refractivity contribution is 14.1. The van der Waals surface area contributed by atoms with E-state index in [0.29, 0.717) is 27.3 Å². The van der Waals surface area contributed by atoms with Gasteiger partial charge in [0.15, 0.2) is 0 Å². The van der Waals surface area contributed by atoms with E-state index in [1.807, 2.05) is 52.9 Å². The van der Waals surface area contributed by atoms with E-state index in [0.717, 1.165) is 10.9 Å². The molecule has 2 N–H and O–H groups in total. The van der Waals surface area contributed by atoms with Gasteiger partial charge < -0.3 is 10.5 Å². The second-order valence-corrected chi connectivity index (χ2v) is 5.66. The molecule has 1 aromatic heterocycles. The van der Waals surface area contributed by atoms with E-state index in [4.69, 9.17) is 10.5 Å². The SMILES string of the molecule is Nc1cc2ccc(F)c(I)c2c(OCc2ccccc2)n1. The molecular formula is C16H12FIN2O. The van der Waals surface area contributed by atoms with E-state index in [2.05, 4.69) is 4.98 Å². The number of hydrogen-bond acceptors (Lipinski definition) is 3. The van der Waals surface area contributed by atoms with Crippen molar-refractivity contribution in [2.75, 3.05) is 5.73 Å². The van der Waals surface area contributed by atoms with Crippen molar-refractivity contribution in [3.05, 3.63) is 63.5 Å². The molecule has 0 saturated heterocycles. The minimum absolute atomic E-state index is 0.292. The van der Waals surface area contributed by atoms with Gasteiger partial charge in [-0.3, -0.25) is 0 Å². The summed E-state index contributed by atoms with van der Waals surface area (Å²) in [4.78, 5) is 4.20. The minimum atomic E-state index is -0.292. The van der Waals surface area contributed by atoms with E-state index in [9.17, 15) is 4.39 Å². The maximum Gasteiger partial charge on any atom is 0.224 e. The molecule has 0 atom stereocenters. The first-order chi connectivity index (χ1) is 10.1. The van der Waals surface area contributed by atoms with Crippen LogP contribution >= 0.6 is 22.6 Å². The molecule has 1 heterocycles. The van der Waals surface area contributed by atoms with Gasteiger partial charge in [-0.05, 0) is 45.7 Å². The highest BCUT2D eigenvalue weighted by Crippen LogP contribution is 2.32. The van der Waals surface area contributed by atoms with Crippen molar-refractivity contribution < 1.29 is 9.13 Å². The van der Waals surface area contributed by atoms with Crippen molar-refractivity contribution >= 4 is 39.2 Å². The fourth-order valence-corrected chi connectivity index (χ4v) is 2.82. The van der Waals surface area contributed by atoms with Crippen LogP contribution < -0.4 is 10.5 Å². The van der Waals surface area contributed by atoms with Crippen LogP contribution in [0.5, 0.6) is 5.88 Å². The summed E-state index contributed by atoms with van der Waals surface area (Å²) < 4.78 is 20.0. The zero-order valence-electron chi connectivity index (χ0n) is 11.0. The number of nitrogen functional groups attached to an aromatic ring is 1. The van der Waals surface area contributed by atoms with Gasteiger partial charge in [-0.1, -0.05) is 36.4 Å². The zero-order valence-corrected chi connectivity index (χ0v) is 13.2. The van der Waals surface area contributed by atoms with Crippen LogP contribution in [0.4, 0.5) is 10.2 Å². The minimum Gasteiger partial charge on any atom is -0.472 e. The Balaban J connectivity index is 2.03. The van der Waals surface area contributed by atoms with E-state index >= 15 is 0 Å². The Morgan fingerprint density at radius 2 is 1.90 bits per heavy atom. The van der Waals surface area contributed by atoms with Crippen molar-refractivity contribution in [1.82, 2.24) is 4.98 Å². The molecule has 3 nitrogen and oxygen atoms in total. The molecule has 0 aliphatic carbocycles. The Morgan fingerprint density at radius 3 is 2.67 bits per heavy atom. The summed E-state index contributed by atoms with van der Waals surface area (Å²) in [6.45, 7) is 0.360. The van der Waals surface area contributed by atoms with Gasteiger partial charge in [-0.25, -0.2) is 4.39 Å². The molecular weight excluding hydrogens is 382 g/mol. The summed E-state index contributed by atoms with van der Waals surface area (Å²) in [6, 6.07) is 14.5. The average Bonchev–Trinajstić information content (AvgIpc) is 2.49. The lowest BCUT2D eigenvalue weighted by atomic mass is 10.1. The van der Waals surface area contributed by atoms with Crippen LogP contribution in [-0.2, 0) is 6.61 Å². The topological polar surface area (TPSA) is 48.1 Å². The number of halogens is 2. The van der Waals surface area contributed by atoms with Gasteiger partial charge in [0.1, 0.15) is 18.2 Å². The van der Waals surface area contributed by atoms with Gasteiger partial charge in [0.25, 0.3) is 0 Å². The highest BCUT2D eigenvalue weighted by Gasteiger charge is 2.13. The summed E-state index contributed by atoms with van der Waals surface area (Å²) in [7, 11) is 0. The molecule has 2 aromatic carbocycles. The van der Waals surface area contributed by atoms with Crippen LogP contribution in [-0.4, -0.2) is 4.98 Å².